The molecule has 0 N–H and O–H groups in total. The van der Waals surface area contributed by atoms with Crippen LogP contribution in [0.5, 0.6) is 23.0 Å². The molecule has 0 bridgehead atoms. The van der Waals surface area contributed by atoms with Crippen LogP contribution in [0.25, 0.3) is 11.2 Å². The van der Waals surface area contributed by atoms with Crippen molar-refractivity contribution in [2.24, 2.45) is 0 Å². The Hall–Kier alpha value is -4.05. The standard InChI is InChI=1S/C25H24N6O4/c1-3-20-22(34-15-32-20)9-17(1)12-29-5-7-30(8-6-29)25-26-11-19-24(28-25)31(14-27-19)13-18-2-4-21-23(10-18)35-16-33-21/h1-4,9-11,14H,5-8,12-13,15-16H2. The lowest BCUT2D eigenvalue weighted by atomic mass is 10.1. The third-order valence-corrected chi connectivity index (χ3v) is 6.63. The molecule has 2 aromatic carbocycles. The topological polar surface area (TPSA) is 87.0 Å². The monoisotopic (exact) mass is 472 g/mol. The predicted octanol–water partition coefficient (Wildman–Crippen LogP) is 2.65. The Labute approximate surface area is 201 Å². The van der Waals surface area contributed by atoms with Gasteiger partial charge in [-0.1, -0.05) is 12.1 Å². The van der Waals surface area contributed by atoms with Crippen molar-refractivity contribution < 1.29 is 18.9 Å². The number of piperazine rings is 1. The molecule has 0 aliphatic carbocycles. The van der Waals surface area contributed by atoms with Gasteiger partial charge in [-0.3, -0.25) is 4.90 Å². The van der Waals surface area contributed by atoms with Crippen molar-refractivity contribution in [1.29, 1.82) is 0 Å². The zero-order valence-electron chi connectivity index (χ0n) is 19.1. The minimum Gasteiger partial charge on any atom is -0.454 e. The van der Waals surface area contributed by atoms with Crippen molar-refractivity contribution in [2.75, 3.05) is 44.7 Å². The molecule has 4 aromatic rings. The number of benzene rings is 2. The van der Waals surface area contributed by atoms with Gasteiger partial charge in [0, 0.05) is 32.7 Å². The molecule has 0 saturated carbocycles. The maximum absolute atomic E-state index is 5.51. The van der Waals surface area contributed by atoms with Gasteiger partial charge in [-0.25, -0.2) is 9.97 Å². The van der Waals surface area contributed by atoms with Crippen LogP contribution in [0.15, 0.2) is 48.9 Å². The van der Waals surface area contributed by atoms with E-state index < -0.39 is 0 Å². The molecule has 1 saturated heterocycles. The summed E-state index contributed by atoms with van der Waals surface area (Å²) in [5.41, 5.74) is 3.95. The summed E-state index contributed by atoms with van der Waals surface area (Å²) in [6.45, 7) is 5.71. The summed E-state index contributed by atoms with van der Waals surface area (Å²) in [7, 11) is 0. The van der Waals surface area contributed by atoms with E-state index in [9.17, 15) is 0 Å². The summed E-state index contributed by atoms with van der Waals surface area (Å²) in [5, 5.41) is 0. The van der Waals surface area contributed by atoms with E-state index in [0.29, 0.717) is 13.3 Å². The van der Waals surface area contributed by atoms with Gasteiger partial charge < -0.3 is 28.4 Å². The molecular formula is C25H24N6O4. The molecular weight excluding hydrogens is 448 g/mol. The van der Waals surface area contributed by atoms with Crippen molar-refractivity contribution in [1.82, 2.24) is 24.4 Å². The molecule has 2 aromatic heterocycles. The summed E-state index contributed by atoms with van der Waals surface area (Å²) in [6.07, 6.45) is 3.63. The maximum atomic E-state index is 5.51. The van der Waals surface area contributed by atoms with Gasteiger partial charge in [0.05, 0.1) is 19.1 Å². The van der Waals surface area contributed by atoms with Crippen LogP contribution in [0.1, 0.15) is 11.1 Å². The number of ether oxygens (including phenoxy) is 4. The maximum Gasteiger partial charge on any atom is 0.231 e. The van der Waals surface area contributed by atoms with Crippen LogP contribution >= 0.6 is 0 Å². The summed E-state index contributed by atoms with van der Waals surface area (Å²) in [6, 6.07) is 12.2. The molecule has 178 valence electrons. The molecule has 7 rings (SSSR count). The molecule has 3 aliphatic heterocycles. The normalized spacial score (nSPS) is 16.9. The summed E-state index contributed by atoms with van der Waals surface area (Å²) < 4.78 is 23.9. The number of hydrogen-bond acceptors (Lipinski definition) is 9. The fraction of sp³-hybridized carbons (Fsp3) is 0.320. The van der Waals surface area contributed by atoms with Crippen LogP contribution < -0.4 is 23.8 Å². The van der Waals surface area contributed by atoms with E-state index in [1.807, 2.05) is 41.4 Å². The Kier molecular flexibility index (Phi) is 4.83. The quantitative estimate of drug-likeness (QED) is 0.435. The van der Waals surface area contributed by atoms with Crippen molar-refractivity contribution in [3.63, 3.8) is 0 Å². The van der Waals surface area contributed by atoms with E-state index in [1.54, 1.807) is 0 Å². The van der Waals surface area contributed by atoms with E-state index in [0.717, 1.165) is 78.4 Å². The van der Waals surface area contributed by atoms with Gasteiger partial charge in [0.2, 0.25) is 19.5 Å². The molecule has 0 amide bonds. The second-order valence-electron chi connectivity index (χ2n) is 8.89. The molecule has 0 atom stereocenters. The first-order chi connectivity index (χ1) is 17.3. The fourth-order valence-corrected chi connectivity index (χ4v) is 4.75. The lowest BCUT2D eigenvalue weighted by molar-refractivity contribution is 0.173. The number of fused-ring (bicyclic) bond motifs is 3. The minimum atomic E-state index is 0.271. The molecule has 35 heavy (non-hydrogen) atoms. The van der Waals surface area contributed by atoms with Gasteiger partial charge in [0.25, 0.3) is 0 Å². The number of aromatic nitrogens is 4. The van der Waals surface area contributed by atoms with Gasteiger partial charge in [-0.2, -0.15) is 4.98 Å². The largest absolute Gasteiger partial charge is 0.454 e. The van der Waals surface area contributed by atoms with Crippen LogP contribution in [-0.2, 0) is 13.1 Å². The minimum absolute atomic E-state index is 0.271. The first-order valence-electron chi connectivity index (χ1n) is 11.7. The molecule has 0 spiro atoms. The third kappa shape index (κ3) is 3.85. The molecule has 0 radical (unpaired) electrons. The third-order valence-electron chi connectivity index (χ3n) is 6.63. The van der Waals surface area contributed by atoms with Crippen LogP contribution in [0, 0.1) is 0 Å². The van der Waals surface area contributed by atoms with Crippen molar-refractivity contribution in [3.8, 4) is 23.0 Å². The Morgan fingerprint density at radius 2 is 1.37 bits per heavy atom. The number of hydrogen-bond donors (Lipinski definition) is 0. The summed E-state index contributed by atoms with van der Waals surface area (Å²) >= 11 is 0. The number of imidazole rings is 1. The fourth-order valence-electron chi connectivity index (χ4n) is 4.75. The molecule has 0 unspecified atom stereocenters. The average molecular weight is 473 g/mol. The van der Waals surface area contributed by atoms with Gasteiger partial charge in [0.15, 0.2) is 28.6 Å². The van der Waals surface area contributed by atoms with Gasteiger partial charge >= 0.3 is 0 Å². The van der Waals surface area contributed by atoms with Crippen molar-refractivity contribution in [3.05, 3.63) is 60.0 Å². The molecule has 10 heteroatoms. The number of nitrogens with zero attached hydrogens (tertiary/aromatic N) is 6. The van der Waals surface area contributed by atoms with Crippen molar-refractivity contribution in [2.45, 2.75) is 13.1 Å². The highest BCUT2D eigenvalue weighted by Gasteiger charge is 2.21. The Morgan fingerprint density at radius 3 is 2.09 bits per heavy atom. The molecule has 3 aliphatic rings. The molecule has 1 fully saturated rings. The van der Waals surface area contributed by atoms with Crippen LogP contribution in [0.2, 0.25) is 0 Å². The average Bonchev–Trinajstić information content (AvgIpc) is 3.64. The lowest BCUT2D eigenvalue weighted by Gasteiger charge is -2.34. The summed E-state index contributed by atoms with van der Waals surface area (Å²) in [4.78, 5) is 18.7. The van der Waals surface area contributed by atoms with Crippen LogP contribution in [0.4, 0.5) is 5.95 Å². The number of anilines is 1. The molecule has 10 nitrogen and oxygen atoms in total. The zero-order chi connectivity index (χ0) is 23.2. The predicted molar refractivity (Wildman–Crippen MR) is 127 cm³/mol. The van der Waals surface area contributed by atoms with Gasteiger partial charge in [-0.05, 0) is 35.4 Å². The van der Waals surface area contributed by atoms with Crippen LogP contribution in [0.3, 0.4) is 0 Å². The molecule has 5 heterocycles. The Balaban J connectivity index is 1.04. The highest BCUT2D eigenvalue weighted by Crippen LogP contribution is 2.34. The van der Waals surface area contributed by atoms with Crippen LogP contribution in [-0.4, -0.2) is 64.2 Å². The van der Waals surface area contributed by atoms with Gasteiger partial charge in [0.1, 0.15) is 5.52 Å². The van der Waals surface area contributed by atoms with E-state index in [4.69, 9.17) is 23.9 Å². The second-order valence-corrected chi connectivity index (χ2v) is 8.89. The first-order valence-corrected chi connectivity index (χ1v) is 11.7. The Morgan fingerprint density at radius 1 is 0.714 bits per heavy atom. The highest BCUT2D eigenvalue weighted by atomic mass is 16.7. The lowest BCUT2D eigenvalue weighted by Crippen LogP contribution is -2.46. The van der Waals surface area contributed by atoms with Gasteiger partial charge in [-0.15, -0.1) is 0 Å². The highest BCUT2D eigenvalue weighted by molar-refractivity contribution is 5.71. The van der Waals surface area contributed by atoms with E-state index >= 15 is 0 Å². The number of rotatable bonds is 5. The SMILES string of the molecule is c1cc2c(cc1CN1CCN(c3ncc4ncn(Cc5ccc6c(c5)OCO6)c4n3)CC1)OCO2. The second kappa shape index (κ2) is 8.31. The first kappa shape index (κ1) is 20.3. The van der Waals surface area contributed by atoms with Crippen molar-refractivity contribution >= 4 is 17.1 Å². The van der Waals surface area contributed by atoms with E-state index in [1.165, 1.54) is 5.56 Å². The Bertz CT molecular complexity index is 1400. The smallest absolute Gasteiger partial charge is 0.231 e. The zero-order valence-corrected chi connectivity index (χ0v) is 19.1. The van der Waals surface area contributed by atoms with E-state index in [-0.39, 0.29) is 6.79 Å². The van der Waals surface area contributed by atoms with E-state index in [2.05, 4.69) is 31.9 Å². The summed E-state index contributed by atoms with van der Waals surface area (Å²) in [5.74, 6) is 3.96.